The number of carbonyl (C=O) groups excluding carboxylic acids is 2. The number of nitrogens with one attached hydrogen (secondary N) is 1. The highest BCUT2D eigenvalue weighted by atomic mass is 19.1. The molecule has 1 fully saturated rings. The van der Waals surface area contributed by atoms with Crippen LogP contribution in [0.15, 0.2) is 36.9 Å². The Hall–Kier alpha value is -2.37. The highest BCUT2D eigenvalue weighted by molar-refractivity contribution is 5.94. The van der Waals surface area contributed by atoms with Crippen molar-refractivity contribution in [3.63, 3.8) is 0 Å². The zero-order chi connectivity index (χ0) is 15.9. The summed E-state index contributed by atoms with van der Waals surface area (Å²) in [7, 11) is 0. The summed E-state index contributed by atoms with van der Waals surface area (Å²) in [6.07, 6.45) is 2.31. The van der Waals surface area contributed by atoms with E-state index < -0.39 is 11.9 Å². The van der Waals surface area contributed by atoms with Gasteiger partial charge in [0.25, 0.3) is 5.91 Å². The maximum absolute atomic E-state index is 13.2. The van der Waals surface area contributed by atoms with Gasteiger partial charge in [-0.05, 0) is 31.0 Å². The lowest BCUT2D eigenvalue weighted by molar-refractivity contribution is 0.0702. The number of hydrogen-bond acceptors (Lipinski definition) is 3. The van der Waals surface area contributed by atoms with Crippen LogP contribution < -0.4 is 5.32 Å². The molecule has 0 atom stereocenters. The first-order chi connectivity index (χ1) is 10.6. The summed E-state index contributed by atoms with van der Waals surface area (Å²) in [5.74, 6) is -0.612. The topological polar surface area (TPSA) is 58.6 Å². The van der Waals surface area contributed by atoms with Crippen molar-refractivity contribution in [2.75, 3.05) is 19.7 Å². The maximum atomic E-state index is 13.2. The van der Waals surface area contributed by atoms with Gasteiger partial charge in [0.05, 0.1) is 0 Å². The molecule has 6 heteroatoms. The van der Waals surface area contributed by atoms with Crippen molar-refractivity contribution in [1.82, 2.24) is 10.2 Å². The van der Waals surface area contributed by atoms with Gasteiger partial charge in [-0.2, -0.15) is 0 Å². The number of ether oxygens (including phenoxy) is 1. The molecule has 2 rings (SSSR count). The third-order valence-corrected chi connectivity index (χ3v) is 3.51. The molecule has 22 heavy (non-hydrogen) atoms. The Morgan fingerprint density at radius 1 is 1.41 bits per heavy atom. The van der Waals surface area contributed by atoms with E-state index in [1.54, 1.807) is 11.0 Å². The van der Waals surface area contributed by atoms with Crippen LogP contribution in [0.3, 0.4) is 0 Å². The minimum atomic E-state index is -0.477. The van der Waals surface area contributed by atoms with Crippen molar-refractivity contribution < 1.29 is 18.7 Å². The van der Waals surface area contributed by atoms with Gasteiger partial charge in [-0.3, -0.25) is 4.79 Å². The number of benzene rings is 1. The van der Waals surface area contributed by atoms with Gasteiger partial charge in [-0.15, -0.1) is 0 Å². The number of carbonyl (C=O) groups is 2. The van der Waals surface area contributed by atoms with E-state index in [-0.39, 0.29) is 18.6 Å². The molecule has 0 bridgehead atoms. The Morgan fingerprint density at radius 2 is 2.14 bits per heavy atom. The van der Waals surface area contributed by atoms with Crippen molar-refractivity contribution in [1.29, 1.82) is 0 Å². The van der Waals surface area contributed by atoms with Crippen LogP contribution in [-0.4, -0.2) is 42.6 Å². The fraction of sp³-hybridized carbons (Fsp3) is 0.375. The van der Waals surface area contributed by atoms with Gasteiger partial charge in [0.15, 0.2) is 0 Å². The Balaban J connectivity index is 1.83. The molecule has 0 unspecified atom stereocenters. The van der Waals surface area contributed by atoms with E-state index in [9.17, 15) is 14.0 Å². The fourth-order valence-corrected chi connectivity index (χ4v) is 2.37. The largest absolute Gasteiger partial charge is 0.445 e. The number of rotatable bonds is 4. The number of hydrogen-bond donors (Lipinski definition) is 1. The zero-order valence-corrected chi connectivity index (χ0v) is 12.3. The lowest BCUT2D eigenvalue weighted by atomic mass is 10.0. The third-order valence-electron chi connectivity index (χ3n) is 3.51. The average Bonchev–Trinajstić information content (AvgIpc) is 2.53. The Morgan fingerprint density at radius 3 is 2.77 bits per heavy atom. The molecular formula is C16H19FN2O3. The number of halogens is 1. The molecule has 1 N–H and O–H groups in total. The van der Waals surface area contributed by atoms with Crippen molar-refractivity contribution in [3.8, 4) is 0 Å². The second kappa shape index (κ2) is 7.59. The standard InChI is InChI=1S/C16H19FN2O3/c1-2-10-22-16(21)18-14-6-8-19(9-7-14)15(20)12-4-3-5-13(17)11-12/h2-5,11,14H,1,6-10H2,(H,18,21). The summed E-state index contributed by atoms with van der Waals surface area (Å²) in [4.78, 5) is 25.4. The van der Waals surface area contributed by atoms with Crippen LogP contribution in [0.4, 0.5) is 9.18 Å². The van der Waals surface area contributed by atoms with Gasteiger partial charge >= 0.3 is 6.09 Å². The molecule has 0 saturated carbocycles. The lowest BCUT2D eigenvalue weighted by Gasteiger charge is -2.32. The number of likely N-dealkylation sites (tertiary alicyclic amines) is 1. The zero-order valence-electron chi connectivity index (χ0n) is 12.3. The molecule has 1 heterocycles. The summed E-state index contributed by atoms with van der Waals surface area (Å²) in [6.45, 7) is 4.67. The van der Waals surface area contributed by atoms with Crippen molar-refractivity contribution >= 4 is 12.0 Å². The third kappa shape index (κ3) is 4.31. The van der Waals surface area contributed by atoms with Gasteiger partial charge in [0.1, 0.15) is 12.4 Å². The molecule has 1 saturated heterocycles. The average molecular weight is 306 g/mol. The van der Waals surface area contributed by atoms with Gasteiger partial charge in [-0.25, -0.2) is 9.18 Å². The second-order valence-corrected chi connectivity index (χ2v) is 5.11. The van der Waals surface area contributed by atoms with Crippen molar-refractivity contribution in [2.24, 2.45) is 0 Å². The summed E-state index contributed by atoms with van der Waals surface area (Å²) < 4.78 is 18.0. The molecule has 1 aromatic rings. The van der Waals surface area contributed by atoms with E-state index in [0.29, 0.717) is 31.5 Å². The molecule has 0 spiro atoms. The van der Waals surface area contributed by atoms with Crippen LogP contribution in [0.25, 0.3) is 0 Å². The number of alkyl carbamates (subject to hydrolysis) is 1. The molecule has 0 aliphatic carbocycles. The first-order valence-corrected chi connectivity index (χ1v) is 7.19. The monoisotopic (exact) mass is 306 g/mol. The van der Waals surface area contributed by atoms with Gasteiger partial charge in [-0.1, -0.05) is 18.7 Å². The minimum Gasteiger partial charge on any atom is -0.445 e. The fourth-order valence-electron chi connectivity index (χ4n) is 2.37. The van der Waals surface area contributed by atoms with E-state index in [2.05, 4.69) is 11.9 Å². The van der Waals surface area contributed by atoms with Crippen LogP contribution >= 0.6 is 0 Å². The number of piperidine rings is 1. The minimum absolute atomic E-state index is 0.0196. The molecule has 1 aliphatic rings. The molecule has 0 radical (unpaired) electrons. The highest BCUT2D eigenvalue weighted by Gasteiger charge is 2.25. The van der Waals surface area contributed by atoms with Crippen molar-refractivity contribution in [2.45, 2.75) is 18.9 Å². The van der Waals surface area contributed by atoms with Crippen LogP contribution in [0.5, 0.6) is 0 Å². The summed E-state index contributed by atoms with van der Waals surface area (Å²) in [5, 5.41) is 2.76. The van der Waals surface area contributed by atoms with E-state index in [4.69, 9.17) is 4.74 Å². The first-order valence-electron chi connectivity index (χ1n) is 7.19. The van der Waals surface area contributed by atoms with Crippen LogP contribution in [-0.2, 0) is 4.74 Å². The molecule has 5 nitrogen and oxygen atoms in total. The number of nitrogens with zero attached hydrogens (tertiary/aromatic N) is 1. The number of amides is 2. The smallest absolute Gasteiger partial charge is 0.407 e. The Kier molecular flexibility index (Phi) is 5.52. The Bertz CT molecular complexity index is 554. The molecular weight excluding hydrogens is 287 g/mol. The summed E-state index contributed by atoms with van der Waals surface area (Å²) >= 11 is 0. The molecule has 1 aliphatic heterocycles. The molecule has 118 valence electrons. The second-order valence-electron chi connectivity index (χ2n) is 5.11. The van der Waals surface area contributed by atoms with E-state index in [0.717, 1.165) is 0 Å². The van der Waals surface area contributed by atoms with Crippen molar-refractivity contribution in [3.05, 3.63) is 48.3 Å². The van der Waals surface area contributed by atoms with Gasteiger partial charge in [0, 0.05) is 24.7 Å². The van der Waals surface area contributed by atoms with Crippen LogP contribution in [0.2, 0.25) is 0 Å². The van der Waals surface area contributed by atoms with E-state index in [1.807, 2.05) is 0 Å². The SMILES string of the molecule is C=CCOC(=O)NC1CCN(C(=O)c2cccc(F)c2)CC1. The van der Waals surface area contributed by atoms with E-state index in [1.165, 1.54) is 24.3 Å². The Labute approximate surface area is 128 Å². The summed E-state index contributed by atoms with van der Waals surface area (Å²) in [6, 6.07) is 5.64. The molecule has 0 aromatic heterocycles. The van der Waals surface area contributed by atoms with Gasteiger partial charge < -0.3 is 15.0 Å². The van der Waals surface area contributed by atoms with Crippen LogP contribution in [0, 0.1) is 5.82 Å². The van der Waals surface area contributed by atoms with Gasteiger partial charge in [0.2, 0.25) is 0 Å². The summed E-state index contributed by atoms with van der Waals surface area (Å²) in [5.41, 5.74) is 0.344. The highest BCUT2D eigenvalue weighted by Crippen LogP contribution is 2.15. The normalized spacial score (nSPS) is 15.2. The first kappa shape index (κ1) is 16.0. The van der Waals surface area contributed by atoms with E-state index >= 15 is 0 Å². The predicted octanol–water partition coefficient (Wildman–Crippen LogP) is 2.34. The quantitative estimate of drug-likeness (QED) is 0.869. The molecule has 2 amide bonds. The molecule has 1 aromatic carbocycles. The van der Waals surface area contributed by atoms with Crippen LogP contribution in [0.1, 0.15) is 23.2 Å². The predicted molar refractivity (Wildman–Crippen MR) is 80.0 cm³/mol. The lowest BCUT2D eigenvalue weighted by Crippen LogP contribution is -2.46. The maximum Gasteiger partial charge on any atom is 0.407 e.